The van der Waals surface area contributed by atoms with Crippen LogP contribution < -0.4 is 5.73 Å². The van der Waals surface area contributed by atoms with Crippen molar-refractivity contribution in [2.75, 3.05) is 13.2 Å². The van der Waals surface area contributed by atoms with Gasteiger partial charge in [0.05, 0.1) is 6.61 Å². The van der Waals surface area contributed by atoms with Crippen LogP contribution in [0.5, 0.6) is 0 Å². The van der Waals surface area contributed by atoms with Gasteiger partial charge in [0, 0.05) is 0 Å². The average Bonchev–Trinajstić information content (AvgIpc) is 2.63. The minimum Gasteiger partial charge on any atom is -0.330 e. The molecule has 0 aliphatic rings. The highest BCUT2D eigenvalue weighted by Gasteiger charge is 2.12. The SMILES string of the molecule is CCCCC(CC)CN.CCCCCCCCCCCCCOP(=O)(O)O. The average molecular weight is 410 g/mol. The molecule has 0 saturated carbocycles. The quantitative estimate of drug-likeness (QED) is 0.176. The molecule has 5 nitrogen and oxygen atoms in total. The van der Waals surface area contributed by atoms with Crippen molar-refractivity contribution in [2.45, 2.75) is 117 Å². The fourth-order valence-corrected chi connectivity index (χ4v) is 3.30. The molecule has 27 heavy (non-hydrogen) atoms. The van der Waals surface area contributed by atoms with Crippen molar-refractivity contribution in [3.8, 4) is 0 Å². The van der Waals surface area contributed by atoms with Crippen LogP contribution >= 0.6 is 7.82 Å². The molecule has 0 aromatic rings. The molecular weight excluding hydrogens is 361 g/mol. The maximum Gasteiger partial charge on any atom is 0.469 e. The van der Waals surface area contributed by atoms with E-state index in [0.29, 0.717) is 0 Å². The Labute approximate surface area is 169 Å². The molecule has 166 valence electrons. The molecule has 0 radical (unpaired) electrons. The number of rotatable bonds is 18. The molecular formula is C21H48NO4P. The van der Waals surface area contributed by atoms with Crippen LogP contribution in [0.4, 0.5) is 0 Å². The third-order valence-electron chi connectivity index (χ3n) is 4.88. The molecule has 1 unspecified atom stereocenters. The van der Waals surface area contributed by atoms with E-state index in [1.807, 2.05) is 0 Å². The summed E-state index contributed by atoms with van der Waals surface area (Å²) >= 11 is 0. The highest BCUT2D eigenvalue weighted by Crippen LogP contribution is 2.35. The van der Waals surface area contributed by atoms with E-state index in [-0.39, 0.29) is 6.61 Å². The van der Waals surface area contributed by atoms with E-state index in [1.165, 1.54) is 77.0 Å². The van der Waals surface area contributed by atoms with Crippen molar-refractivity contribution < 1.29 is 18.9 Å². The Morgan fingerprint density at radius 2 is 1.22 bits per heavy atom. The van der Waals surface area contributed by atoms with Gasteiger partial charge in [-0.15, -0.1) is 0 Å². The van der Waals surface area contributed by atoms with Gasteiger partial charge < -0.3 is 15.5 Å². The van der Waals surface area contributed by atoms with Crippen LogP contribution in [0.3, 0.4) is 0 Å². The third kappa shape index (κ3) is 28.4. The van der Waals surface area contributed by atoms with Gasteiger partial charge >= 0.3 is 7.82 Å². The van der Waals surface area contributed by atoms with Gasteiger partial charge in [-0.2, -0.15) is 0 Å². The van der Waals surface area contributed by atoms with Crippen LogP contribution in [-0.2, 0) is 9.09 Å². The first kappa shape index (κ1) is 29.3. The van der Waals surface area contributed by atoms with E-state index >= 15 is 0 Å². The van der Waals surface area contributed by atoms with E-state index in [9.17, 15) is 4.57 Å². The predicted molar refractivity (Wildman–Crippen MR) is 117 cm³/mol. The summed E-state index contributed by atoms with van der Waals surface area (Å²) in [5.74, 6) is 0.782. The standard InChI is InChI=1S/C13H29O4P.C8H19N/c1-2-3-4-5-6-7-8-9-10-11-12-13-17-18(14,15)16;1-3-5-6-8(4-2)7-9/h2-13H2,1H3,(H2,14,15,16);8H,3-7,9H2,1-2H3. The lowest BCUT2D eigenvalue weighted by atomic mass is 10.00. The second-order valence-corrected chi connectivity index (χ2v) is 8.75. The van der Waals surface area contributed by atoms with Crippen LogP contribution in [0, 0.1) is 5.92 Å². The molecule has 0 aliphatic heterocycles. The molecule has 4 N–H and O–H groups in total. The van der Waals surface area contributed by atoms with E-state index in [1.54, 1.807) is 0 Å². The van der Waals surface area contributed by atoms with Gasteiger partial charge in [-0.25, -0.2) is 4.57 Å². The number of hydrogen-bond acceptors (Lipinski definition) is 3. The summed E-state index contributed by atoms with van der Waals surface area (Å²) in [5.41, 5.74) is 5.52. The number of phosphoric acid groups is 1. The second kappa shape index (κ2) is 22.4. The summed E-state index contributed by atoms with van der Waals surface area (Å²) < 4.78 is 14.8. The molecule has 0 fully saturated rings. The molecule has 0 rings (SSSR count). The van der Waals surface area contributed by atoms with E-state index < -0.39 is 7.82 Å². The number of nitrogens with two attached hydrogens (primary N) is 1. The molecule has 6 heteroatoms. The third-order valence-corrected chi connectivity index (χ3v) is 5.40. The summed E-state index contributed by atoms with van der Waals surface area (Å²) in [6, 6.07) is 0. The zero-order valence-corrected chi connectivity index (χ0v) is 19.2. The van der Waals surface area contributed by atoms with Crippen molar-refractivity contribution in [1.82, 2.24) is 0 Å². The Morgan fingerprint density at radius 3 is 1.59 bits per heavy atom. The normalized spacial score (nSPS) is 12.5. The Bertz CT molecular complexity index is 319. The van der Waals surface area contributed by atoms with E-state index in [0.717, 1.165) is 31.7 Å². The van der Waals surface area contributed by atoms with Crippen molar-refractivity contribution in [3.05, 3.63) is 0 Å². The summed E-state index contributed by atoms with van der Waals surface area (Å²) in [6.45, 7) is 7.71. The van der Waals surface area contributed by atoms with Gasteiger partial charge in [-0.05, 0) is 25.3 Å². The van der Waals surface area contributed by atoms with Crippen LogP contribution in [0.15, 0.2) is 0 Å². The Balaban J connectivity index is 0. The molecule has 0 spiro atoms. The summed E-state index contributed by atoms with van der Waals surface area (Å²) in [6.07, 6.45) is 18.7. The maximum absolute atomic E-state index is 10.4. The molecule has 0 amide bonds. The van der Waals surface area contributed by atoms with Crippen LogP contribution in [0.25, 0.3) is 0 Å². The highest BCUT2D eigenvalue weighted by atomic mass is 31.2. The van der Waals surface area contributed by atoms with Gasteiger partial charge in [0.2, 0.25) is 0 Å². The lowest BCUT2D eigenvalue weighted by Gasteiger charge is -2.09. The molecule has 1 atom stereocenters. The van der Waals surface area contributed by atoms with Crippen molar-refractivity contribution in [2.24, 2.45) is 11.7 Å². The maximum atomic E-state index is 10.4. The monoisotopic (exact) mass is 409 g/mol. The number of phosphoric ester groups is 1. The zero-order chi connectivity index (χ0) is 20.8. The number of hydrogen-bond donors (Lipinski definition) is 3. The largest absolute Gasteiger partial charge is 0.469 e. The molecule has 0 bridgehead atoms. The van der Waals surface area contributed by atoms with Gasteiger partial charge in [-0.3, -0.25) is 4.52 Å². The van der Waals surface area contributed by atoms with Gasteiger partial charge in [0.25, 0.3) is 0 Å². The zero-order valence-electron chi connectivity index (χ0n) is 18.3. The minimum absolute atomic E-state index is 0.168. The number of unbranched alkanes of at least 4 members (excludes halogenated alkanes) is 11. The summed E-state index contributed by atoms with van der Waals surface area (Å²) in [4.78, 5) is 16.9. The van der Waals surface area contributed by atoms with Gasteiger partial charge in [0.1, 0.15) is 0 Å². The fourth-order valence-electron chi connectivity index (χ4n) is 2.93. The molecule has 0 heterocycles. The van der Waals surface area contributed by atoms with Gasteiger partial charge in [0.15, 0.2) is 0 Å². The highest BCUT2D eigenvalue weighted by molar-refractivity contribution is 7.46. The first-order chi connectivity index (χ1) is 12.9. The first-order valence-electron chi connectivity index (χ1n) is 11.3. The van der Waals surface area contributed by atoms with Crippen molar-refractivity contribution in [3.63, 3.8) is 0 Å². The minimum atomic E-state index is -4.25. The lowest BCUT2D eigenvalue weighted by molar-refractivity contribution is 0.193. The molecule has 0 saturated heterocycles. The smallest absolute Gasteiger partial charge is 0.330 e. The van der Waals surface area contributed by atoms with Crippen molar-refractivity contribution >= 4 is 7.82 Å². The Kier molecular flexibility index (Phi) is 24.2. The summed E-state index contributed by atoms with van der Waals surface area (Å²) in [7, 11) is -4.25. The Hall–Kier alpha value is 0.0700. The topological polar surface area (TPSA) is 92.8 Å². The molecule has 0 aromatic heterocycles. The molecule has 0 aromatic carbocycles. The van der Waals surface area contributed by atoms with Gasteiger partial charge in [-0.1, -0.05) is 104 Å². The second-order valence-electron chi connectivity index (χ2n) is 7.51. The molecule has 0 aliphatic carbocycles. The van der Waals surface area contributed by atoms with Crippen LogP contribution in [0.2, 0.25) is 0 Å². The lowest BCUT2D eigenvalue weighted by Crippen LogP contribution is -2.12. The Morgan fingerprint density at radius 1 is 0.778 bits per heavy atom. The first-order valence-corrected chi connectivity index (χ1v) is 12.8. The fraction of sp³-hybridized carbons (Fsp3) is 1.00. The van der Waals surface area contributed by atoms with E-state index in [4.69, 9.17) is 15.5 Å². The van der Waals surface area contributed by atoms with Crippen LogP contribution in [0.1, 0.15) is 117 Å². The predicted octanol–water partition coefficient (Wildman–Crippen LogP) is 6.57. The van der Waals surface area contributed by atoms with E-state index in [2.05, 4.69) is 25.3 Å². The van der Waals surface area contributed by atoms with Crippen molar-refractivity contribution in [1.29, 1.82) is 0 Å². The van der Waals surface area contributed by atoms with Crippen LogP contribution in [-0.4, -0.2) is 22.9 Å². The summed E-state index contributed by atoms with van der Waals surface area (Å²) in [5, 5.41) is 0.